The summed E-state index contributed by atoms with van der Waals surface area (Å²) in [6, 6.07) is 5.64. The molecule has 0 bridgehead atoms. The number of carboxylic acid groups (broad SMARTS) is 1. The fourth-order valence-electron chi connectivity index (χ4n) is 1.73. The fraction of sp³-hybridized carbons (Fsp3) is 0.0667. The van der Waals surface area contributed by atoms with Gasteiger partial charge >= 0.3 is 5.97 Å². The molecule has 0 saturated heterocycles. The minimum Gasteiger partial charge on any atom is -0.478 e. The number of hydrogen-bond acceptors (Lipinski definition) is 3. The molecule has 6 heteroatoms. The van der Waals surface area contributed by atoms with Crippen LogP contribution >= 0.6 is 11.3 Å². The summed E-state index contributed by atoms with van der Waals surface area (Å²) >= 11 is 1.49. The zero-order valence-corrected chi connectivity index (χ0v) is 11.9. The van der Waals surface area contributed by atoms with Crippen molar-refractivity contribution in [2.45, 2.75) is 6.92 Å². The molecule has 0 aliphatic carbocycles. The molecular weight excluding hydrogens is 293 g/mol. The van der Waals surface area contributed by atoms with E-state index in [1.807, 2.05) is 18.4 Å². The summed E-state index contributed by atoms with van der Waals surface area (Å²) in [5, 5.41) is 13.2. The normalized spacial score (nSPS) is 10.8. The molecule has 108 valence electrons. The predicted octanol–water partition coefficient (Wildman–Crippen LogP) is 3.55. The Kier molecular flexibility index (Phi) is 4.49. The van der Waals surface area contributed by atoms with Crippen LogP contribution in [0.4, 0.5) is 10.1 Å². The van der Waals surface area contributed by atoms with Gasteiger partial charge in [0.25, 0.3) is 0 Å². The lowest BCUT2D eigenvalue weighted by atomic mass is 10.1. The Balaban J connectivity index is 2.17. The molecule has 0 atom stereocenters. The third-order valence-electron chi connectivity index (χ3n) is 2.77. The number of carbonyl (C=O) groups is 2. The van der Waals surface area contributed by atoms with E-state index in [1.54, 1.807) is 6.08 Å². The van der Waals surface area contributed by atoms with Crippen molar-refractivity contribution in [2.24, 2.45) is 0 Å². The Bertz CT molecular complexity index is 721. The molecule has 0 aliphatic heterocycles. The van der Waals surface area contributed by atoms with Crippen LogP contribution in [-0.2, 0) is 4.79 Å². The summed E-state index contributed by atoms with van der Waals surface area (Å²) in [4.78, 5) is 23.7. The average Bonchev–Trinajstić information content (AvgIpc) is 2.81. The number of nitrogens with one attached hydrogen (secondary N) is 1. The number of carbonyl (C=O) groups excluding carboxylic acids is 1. The molecule has 1 amide bonds. The van der Waals surface area contributed by atoms with Crippen molar-refractivity contribution >= 4 is 35.0 Å². The van der Waals surface area contributed by atoms with Crippen molar-refractivity contribution < 1.29 is 19.1 Å². The molecule has 0 fully saturated rings. The predicted molar refractivity (Wildman–Crippen MR) is 80.1 cm³/mol. The molecule has 2 aromatic rings. The van der Waals surface area contributed by atoms with E-state index in [9.17, 15) is 14.0 Å². The molecule has 0 aliphatic rings. The monoisotopic (exact) mass is 305 g/mol. The maximum atomic E-state index is 13.5. The smallest absolute Gasteiger partial charge is 0.340 e. The first kappa shape index (κ1) is 14.9. The third kappa shape index (κ3) is 3.55. The molecule has 1 aromatic heterocycles. The molecule has 21 heavy (non-hydrogen) atoms. The van der Waals surface area contributed by atoms with Crippen molar-refractivity contribution in [3.8, 4) is 0 Å². The van der Waals surface area contributed by atoms with Gasteiger partial charge in [0.05, 0.1) is 5.69 Å². The van der Waals surface area contributed by atoms with E-state index in [0.29, 0.717) is 0 Å². The molecule has 0 spiro atoms. The maximum Gasteiger partial charge on any atom is 0.340 e. The third-order valence-corrected chi connectivity index (χ3v) is 3.76. The van der Waals surface area contributed by atoms with Gasteiger partial charge in [-0.1, -0.05) is 6.07 Å². The number of benzene rings is 1. The fourth-order valence-corrected chi connectivity index (χ4v) is 2.55. The van der Waals surface area contributed by atoms with Gasteiger partial charge in [-0.25, -0.2) is 9.18 Å². The minimum absolute atomic E-state index is 0.0694. The largest absolute Gasteiger partial charge is 0.478 e. The highest BCUT2D eigenvalue weighted by Crippen LogP contribution is 2.20. The quantitative estimate of drug-likeness (QED) is 0.849. The van der Waals surface area contributed by atoms with E-state index in [1.165, 1.54) is 29.5 Å². The van der Waals surface area contributed by atoms with Crippen molar-refractivity contribution in [2.75, 3.05) is 5.32 Å². The first-order valence-corrected chi connectivity index (χ1v) is 6.92. The number of anilines is 1. The van der Waals surface area contributed by atoms with Crippen LogP contribution in [0.1, 0.15) is 20.8 Å². The van der Waals surface area contributed by atoms with Gasteiger partial charge in [0.2, 0.25) is 5.91 Å². The first-order chi connectivity index (χ1) is 9.99. The van der Waals surface area contributed by atoms with Crippen LogP contribution in [0.25, 0.3) is 6.08 Å². The average molecular weight is 305 g/mol. The molecule has 4 nitrogen and oxygen atoms in total. The van der Waals surface area contributed by atoms with Gasteiger partial charge in [-0.3, -0.25) is 4.79 Å². The Morgan fingerprint density at radius 1 is 1.33 bits per heavy atom. The van der Waals surface area contributed by atoms with E-state index in [0.717, 1.165) is 16.5 Å². The number of halogens is 1. The van der Waals surface area contributed by atoms with Crippen LogP contribution in [0.15, 0.2) is 35.7 Å². The van der Waals surface area contributed by atoms with Gasteiger partial charge in [-0.2, -0.15) is 0 Å². The van der Waals surface area contributed by atoms with Crippen LogP contribution in [0, 0.1) is 12.7 Å². The zero-order chi connectivity index (χ0) is 15.4. The van der Waals surface area contributed by atoms with Gasteiger partial charge in [-0.05, 0) is 42.1 Å². The van der Waals surface area contributed by atoms with Crippen LogP contribution in [0.5, 0.6) is 0 Å². The van der Waals surface area contributed by atoms with E-state index in [-0.39, 0.29) is 5.69 Å². The van der Waals surface area contributed by atoms with Crippen molar-refractivity contribution in [3.05, 3.63) is 57.5 Å². The standard InChI is InChI=1S/C15H12FNO3S/c1-9-7-8-21-12(9)5-6-13(18)17-11-4-2-3-10(16)14(11)15(19)20/h2-8H,1H3,(H,17,18)(H,19,20)/b6-5+. The Labute approximate surface area is 124 Å². The summed E-state index contributed by atoms with van der Waals surface area (Å²) in [5.74, 6) is -2.84. The summed E-state index contributed by atoms with van der Waals surface area (Å²) < 4.78 is 13.5. The van der Waals surface area contributed by atoms with Crippen molar-refractivity contribution in [1.82, 2.24) is 0 Å². The number of aryl methyl sites for hydroxylation is 1. The highest BCUT2D eigenvalue weighted by molar-refractivity contribution is 7.11. The molecular formula is C15H12FNO3S. The van der Waals surface area contributed by atoms with E-state index in [4.69, 9.17) is 5.11 Å². The SMILES string of the molecule is Cc1ccsc1/C=C/C(=O)Nc1cccc(F)c1C(=O)O. The van der Waals surface area contributed by atoms with E-state index in [2.05, 4.69) is 5.32 Å². The van der Waals surface area contributed by atoms with Crippen LogP contribution < -0.4 is 5.32 Å². The van der Waals surface area contributed by atoms with Gasteiger partial charge in [-0.15, -0.1) is 11.3 Å². The molecule has 2 N–H and O–H groups in total. The summed E-state index contributed by atoms with van der Waals surface area (Å²) in [6.45, 7) is 1.92. The van der Waals surface area contributed by atoms with Gasteiger partial charge < -0.3 is 10.4 Å². The number of hydrogen-bond donors (Lipinski definition) is 2. The molecule has 1 aromatic carbocycles. The van der Waals surface area contributed by atoms with Crippen LogP contribution in [-0.4, -0.2) is 17.0 Å². The second kappa shape index (κ2) is 6.32. The first-order valence-electron chi connectivity index (χ1n) is 6.04. The molecule has 1 heterocycles. The lowest BCUT2D eigenvalue weighted by Gasteiger charge is -2.07. The number of aromatic carboxylic acids is 1. The summed E-state index contributed by atoms with van der Waals surface area (Å²) in [5.41, 5.74) is 0.424. The second-order valence-corrected chi connectivity index (χ2v) is 5.21. The lowest BCUT2D eigenvalue weighted by Crippen LogP contribution is -2.13. The zero-order valence-electron chi connectivity index (χ0n) is 11.1. The second-order valence-electron chi connectivity index (χ2n) is 4.26. The summed E-state index contributed by atoms with van der Waals surface area (Å²) in [7, 11) is 0. The highest BCUT2D eigenvalue weighted by atomic mass is 32.1. The van der Waals surface area contributed by atoms with Crippen LogP contribution in [0.3, 0.4) is 0 Å². The summed E-state index contributed by atoms with van der Waals surface area (Å²) in [6.07, 6.45) is 2.92. The minimum atomic E-state index is -1.43. The maximum absolute atomic E-state index is 13.5. The highest BCUT2D eigenvalue weighted by Gasteiger charge is 2.16. The molecule has 2 rings (SSSR count). The Hall–Kier alpha value is -2.47. The molecule has 0 radical (unpaired) electrons. The van der Waals surface area contributed by atoms with Gasteiger partial charge in [0.1, 0.15) is 11.4 Å². The topological polar surface area (TPSA) is 66.4 Å². The van der Waals surface area contributed by atoms with Crippen molar-refractivity contribution in [3.63, 3.8) is 0 Å². The lowest BCUT2D eigenvalue weighted by molar-refractivity contribution is -0.111. The van der Waals surface area contributed by atoms with Gasteiger partial charge in [0.15, 0.2) is 0 Å². The number of rotatable bonds is 4. The molecule has 0 unspecified atom stereocenters. The van der Waals surface area contributed by atoms with E-state index >= 15 is 0 Å². The van der Waals surface area contributed by atoms with Crippen LogP contribution in [0.2, 0.25) is 0 Å². The number of amides is 1. The molecule has 0 saturated carbocycles. The Morgan fingerprint density at radius 2 is 2.10 bits per heavy atom. The van der Waals surface area contributed by atoms with Crippen molar-refractivity contribution in [1.29, 1.82) is 0 Å². The number of thiophene rings is 1. The van der Waals surface area contributed by atoms with E-state index < -0.39 is 23.3 Å². The number of carboxylic acids is 1. The van der Waals surface area contributed by atoms with Gasteiger partial charge in [0, 0.05) is 11.0 Å². The Morgan fingerprint density at radius 3 is 2.71 bits per heavy atom.